The molecule has 6 nitrogen and oxygen atoms in total. The Morgan fingerprint density at radius 2 is 1.87 bits per heavy atom. The van der Waals surface area contributed by atoms with Crippen LogP contribution in [-0.2, 0) is 13.0 Å². The number of anilines is 1. The molecular formula is C24H32N6. The minimum absolute atomic E-state index is 0.817. The summed E-state index contributed by atoms with van der Waals surface area (Å²) < 4.78 is 2.47. The van der Waals surface area contributed by atoms with E-state index in [1.54, 1.807) is 6.20 Å². The Bertz CT molecular complexity index is 961. The summed E-state index contributed by atoms with van der Waals surface area (Å²) in [7, 11) is 0. The monoisotopic (exact) mass is 404 g/mol. The molecule has 1 aromatic carbocycles. The van der Waals surface area contributed by atoms with E-state index in [4.69, 9.17) is 4.98 Å². The summed E-state index contributed by atoms with van der Waals surface area (Å²) in [6.07, 6.45) is 8.63. The van der Waals surface area contributed by atoms with Crippen molar-refractivity contribution in [1.29, 1.82) is 0 Å². The fourth-order valence-corrected chi connectivity index (χ4v) is 5.05. The zero-order valence-corrected chi connectivity index (χ0v) is 17.8. The van der Waals surface area contributed by atoms with Crippen molar-refractivity contribution in [2.75, 3.05) is 44.2 Å². The Hall–Kier alpha value is -2.60. The average Bonchev–Trinajstić information content (AvgIpc) is 2.96. The van der Waals surface area contributed by atoms with Crippen LogP contribution < -0.4 is 4.90 Å². The maximum absolute atomic E-state index is 4.98. The van der Waals surface area contributed by atoms with Gasteiger partial charge in [-0.1, -0.05) is 19.6 Å². The lowest BCUT2D eigenvalue weighted by Gasteiger charge is -2.37. The van der Waals surface area contributed by atoms with Gasteiger partial charge < -0.3 is 14.4 Å². The van der Waals surface area contributed by atoms with Crippen molar-refractivity contribution in [3.05, 3.63) is 49.5 Å². The van der Waals surface area contributed by atoms with Crippen LogP contribution in [0, 0.1) is 0 Å². The highest BCUT2D eigenvalue weighted by atomic mass is 15.3. The molecule has 0 radical (unpaired) electrons. The van der Waals surface area contributed by atoms with E-state index >= 15 is 0 Å². The number of benzene rings is 1. The molecule has 2 aliphatic heterocycles. The van der Waals surface area contributed by atoms with Gasteiger partial charge in [0.15, 0.2) is 0 Å². The molecule has 2 fully saturated rings. The van der Waals surface area contributed by atoms with Crippen LogP contribution >= 0.6 is 0 Å². The number of hydrogen-bond donors (Lipinski definition) is 0. The second-order valence-electron chi connectivity index (χ2n) is 8.57. The second kappa shape index (κ2) is 8.26. The molecule has 3 heterocycles. The largest absolute Gasteiger partial charge is 0.368 e. The molecule has 1 aromatic heterocycles. The zero-order valence-electron chi connectivity index (χ0n) is 17.8. The highest BCUT2D eigenvalue weighted by Crippen LogP contribution is 2.29. The molecule has 1 saturated heterocycles. The molecule has 2 aromatic rings. The maximum atomic E-state index is 4.98. The number of aliphatic imine (C=N–C) groups is 1. The summed E-state index contributed by atoms with van der Waals surface area (Å²) in [5.74, 6) is 2.17. The van der Waals surface area contributed by atoms with Gasteiger partial charge >= 0.3 is 0 Å². The molecule has 0 unspecified atom stereocenters. The van der Waals surface area contributed by atoms with E-state index in [1.807, 2.05) is 6.08 Å². The van der Waals surface area contributed by atoms with Gasteiger partial charge in [-0.2, -0.15) is 0 Å². The van der Waals surface area contributed by atoms with Crippen LogP contribution in [-0.4, -0.2) is 70.5 Å². The molecule has 0 spiro atoms. The summed E-state index contributed by atoms with van der Waals surface area (Å²) in [4.78, 5) is 16.8. The first-order valence-corrected chi connectivity index (χ1v) is 11.3. The van der Waals surface area contributed by atoms with E-state index in [2.05, 4.69) is 55.6 Å². The van der Waals surface area contributed by atoms with Crippen molar-refractivity contribution >= 4 is 22.6 Å². The van der Waals surface area contributed by atoms with Gasteiger partial charge in [0, 0.05) is 70.2 Å². The van der Waals surface area contributed by atoms with Crippen molar-refractivity contribution in [2.24, 2.45) is 4.99 Å². The summed E-state index contributed by atoms with van der Waals surface area (Å²) in [6.45, 7) is 14.8. The van der Waals surface area contributed by atoms with Gasteiger partial charge in [0.25, 0.3) is 0 Å². The molecule has 6 heteroatoms. The summed E-state index contributed by atoms with van der Waals surface area (Å²) >= 11 is 0. The first kappa shape index (κ1) is 19.4. The lowest BCUT2D eigenvalue weighted by atomic mass is 9.91. The van der Waals surface area contributed by atoms with E-state index in [0.717, 1.165) is 69.6 Å². The highest BCUT2D eigenvalue weighted by Gasteiger charge is 2.27. The molecule has 0 atom stereocenters. The average molecular weight is 405 g/mol. The van der Waals surface area contributed by atoms with Gasteiger partial charge in [0.05, 0.1) is 11.0 Å². The lowest BCUT2D eigenvalue weighted by molar-refractivity contribution is 0.130. The molecule has 0 amide bonds. The Balaban J connectivity index is 1.32. The van der Waals surface area contributed by atoms with Gasteiger partial charge in [-0.3, -0.25) is 4.90 Å². The second-order valence-corrected chi connectivity index (χ2v) is 8.57. The number of piperazine rings is 1. The number of aromatic nitrogens is 2. The standard InChI is InChI=1S/C24H32N6/c1-3-23(25-4-2)29-14-12-28(13-15-29)20-8-9-21-22(18-20)30-17-16-27(19-6-5-7-19)11-10-24(30)26-21/h3-4,8-9,18-19H,1-2,5-7,10-17H2. The minimum atomic E-state index is 0.817. The number of nitrogens with zero attached hydrogens (tertiary/aromatic N) is 6. The van der Waals surface area contributed by atoms with Crippen LogP contribution in [0.2, 0.25) is 0 Å². The Morgan fingerprint density at radius 3 is 2.57 bits per heavy atom. The summed E-state index contributed by atoms with van der Waals surface area (Å²) in [5, 5.41) is 0. The molecule has 30 heavy (non-hydrogen) atoms. The molecule has 0 bridgehead atoms. The molecule has 3 aliphatic rings. The van der Waals surface area contributed by atoms with Gasteiger partial charge in [-0.15, -0.1) is 0 Å². The quantitative estimate of drug-likeness (QED) is 0.579. The van der Waals surface area contributed by atoms with Crippen LogP contribution in [0.4, 0.5) is 5.69 Å². The Morgan fingerprint density at radius 1 is 1.03 bits per heavy atom. The zero-order chi connectivity index (χ0) is 20.5. The topological polar surface area (TPSA) is 39.9 Å². The van der Waals surface area contributed by atoms with E-state index < -0.39 is 0 Å². The van der Waals surface area contributed by atoms with E-state index in [0.29, 0.717) is 0 Å². The minimum Gasteiger partial charge on any atom is -0.368 e. The predicted molar refractivity (Wildman–Crippen MR) is 124 cm³/mol. The lowest BCUT2D eigenvalue weighted by Crippen LogP contribution is -2.48. The third-order valence-electron chi connectivity index (χ3n) is 7.01. The van der Waals surface area contributed by atoms with Crippen molar-refractivity contribution in [1.82, 2.24) is 19.4 Å². The number of rotatable bonds is 4. The normalized spacial score (nSPS) is 21.3. The van der Waals surface area contributed by atoms with Crippen LogP contribution in [0.3, 0.4) is 0 Å². The fourth-order valence-electron chi connectivity index (χ4n) is 5.05. The summed E-state index contributed by atoms with van der Waals surface area (Å²) in [6, 6.07) is 7.61. The maximum Gasteiger partial charge on any atom is 0.127 e. The third-order valence-corrected chi connectivity index (χ3v) is 7.01. The third kappa shape index (κ3) is 3.54. The van der Waals surface area contributed by atoms with Crippen LogP contribution in [0.15, 0.2) is 48.6 Å². The Kier molecular flexibility index (Phi) is 5.34. The molecule has 1 saturated carbocycles. The van der Waals surface area contributed by atoms with E-state index in [9.17, 15) is 0 Å². The number of fused-ring (bicyclic) bond motifs is 3. The fraction of sp³-hybridized carbons (Fsp3) is 0.500. The van der Waals surface area contributed by atoms with Gasteiger partial charge in [-0.25, -0.2) is 9.98 Å². The van der Waals surface area contributed by atoms with Crippen molar-refractivity contribution in [3.8, 4) is 0 Å². The first-order chi connectivity index (χ1) is 14.8. The molecule has 158 valence electrons. The number of amidine groups is 1. The van der Waals surface area contributed by atoms with Crippen molar-refractivity contribution in [3.63, 3.8) is 0 Å². The first-order valence-electron chi connectivity index (χ1n) is 11.3. The van der Waals surface area contributed by atoms with Crippen molar-refractivity contribution in [2.45, 2.75) is 38.3 Å². The number of imidazole rings is 1. The predicted octanol–water partition coefficient (Wildman–Crippen LogP) is 3.30. The summed E-state index contributed by atoms with van der Waals surface area (Å²) in [5.41, 5.74) is 3.72. The smallest absolute Gasteiger partial charge is 0.127 e. The van der Waals surface area contributed by atoms with Crippen molar-refractivity contribution < 1.29 is 0 Å². The molecule has 1 aliphatic carbocycles. The highest BCUT2D eigenvalue weighted by molar-refractivity contribution is 5.93. The van der Waals surface area contributed by atoms with E-state index in [-0.39, 0.29) is 0 Å². The Labute approximate surface area is 179 Å². The molecular weight excluding hydrogens is 372 g/mol. The van der Waals surface area contributed by atoms with Gasteiger partial charge in [-0.05, 0) is 37.1 Å². The van der Waals surface area contributed by atoms with Crippen LogP contribution in [0.1, 0.15) is 25.1 Å². The van der Waals surface area contributed by atoms with Crippen LogP contribution in [0.5, 0.6) is 0 Å². The SMILES string of the molecule is C=CN=C(C=C)N1CCN(c2ccc3nc4n(c3c2)CCN(C2CCC2)CC4)CC1. The molecule has 5 rings (SSSR count). The molecule has 0 N–H and O–H groups in total. The van der Waals surface area contributed by atoms with Crippen LogP contribution in [0.25, 0.3) is 11.0 Å². The van der Waals surface area contributed by atoms with E-state index in [1.165, 1.54) is 36.3 Å². The number of hydrogen-bond acceptors (Lipinski definition) is 4. The van der Waals surface area contributed by atoms with Gasteiger partial charge in [0.2, 0.25) is 0 Å². The van der Waals surface area contributed by atoms with Gasteiger partial charge in [0.1, 0.15) is 11.7 Å².